The van der Waals surface area contributed by atoms with Crippen molar-refractivity contribution >= 4 is 11.9 Å². The first-order valence-electron chi connectivity index (χ1n) is 6.42. The first-order valence-corrected chi connectivity index (χ1v) is 6.42. The molecule has 1 atom stereocenters. The number of nitriles is 1. The maximum Gasteiger partial charge on any atom is 0.326 e. The van der Waals surface area contributed by atoms with Crippen LogP contribution in [0, 0.1) is 28.8 Å². The third-order valence-electron chi connectivity index (χ3n) is 2.87. The minimum atomic E-state index is -1.41. The minimum Gasteiger partial charge on any atom is -0.480 e. The van der Waals surface area contributed by atoms with Gasteiger partial charge in [-0.1, -0.05) is 0 Å². The van der Waals surface area contributed by atoms with Gasteiger partial charge < -0.3 is 10.4 Å². The molecule has 118 valence electrons. The number of aliphatic carboxylic acids is 1. The molecule has 0 saturated heterocycles. The van der Waals surface area contributed by atoms with Gasteiger partial charge >= 0.3 is 5.97 Å². The Bertz CT molecular complexity index is 591. The Kier molecular flexibility index (Phi) is 6.38. The van der Waals surface area contributed by atoms with Crippen LogP contribution in [0.25, 0.3) is 0 Å². The highest BCUT2D eigenvalue weighted by molar-refractivity contribution is 5.97. The van der Waals surface area contributed by atoms with E-state index in [2.05, 4.69) is 0 Å². The van der Waals surface area contributed by atoms with Gasteiger partial charge in [0.1, 0.15) is 29.1 Å². The number of nitrogens with one attached hydrogen (secondary N) is 1. The number of benzene rings is 1. The third-order valence-corrected chi connectivity index (χ3v) is 2.87. The number of amides is 1. The SMILES string of the molecule is N#CCCCC[C@@H](NC(=O)c1c(F)cc(F)cc1F)C(=O)O. The van der Waals surface area contributed by atoms with Gasteiger partial charge in [-0.2, -0.15) is 5.26 Å². The summed E-state index contributed by atoms with van der Waals surface area (Å²) in [5.74, 6) is -6.65. The summed E-state index contributed by atoms with van der Waals surface area (Å²) >= 11 is 0. The van der Waals surface area contributed by atoms with Crippen LogP contribution in [-0.4, -0.2) is 23.0 Å². The van der Waals surface area contributed by atoms with E-state index in [0.29, 0.717) is 25.0 Å². The lowest BCUT2D eigenvalue weighted by Gasteiger charge is -2.14. The van der Waals surface area contributed by atoms with E-state index in [1.165, 1.54) is 0 Å². The van der Waals surface area contributed by atoms with Crippen molar-refractivity contribution in [1.82, 2.24) is 5.32 Å². The molecule has 1 aromatic carbocycles. The van der Waals surface area contributed by atoms with Crippen molar-refractivity contribution in [3.63, 3.8) is 0 Å². The highest BCUT2D eigenvalue weighted by Crippen LogP contribution is 2.15. The van der Waals surface area contributed by atoms with E-state index in [0.717, 1.165) is 0 Å². The molecule has 0 fully saturated rings. The average Bonchev–Trinajstić information content (AvgIpc) is 2.40. The summed E-state index contributed by atoms with van der Waals surface area (Å²) in [6.45, 7) is 0. The van der Waals surface area contributed by atoms with Crippen LogP contribution < -0.4 is 5.32 Å². The second kappa shape index (κ2) is 8.02. The Morgan fingerprint density at radius 3 is 2.32 bits per heavy atom. The fourth-order valence-corrected chi connectivity index (χ4v) is 1.80. The van der Waals surface area contributed by atoms with Gasteiger partial charge in [-0.05, 0) is 19.3 Å². The van der Waals surface area contributed by atoms with Crippen LogP contribution >= 0.6 is 0 Å². The number of carbonyl (C=O) groups excluding carboxylic acids is 1. The number of hydrogen-bond donors (Lipinski definition) is 2. The maximum atomic E-state index is 13.4. The zero-order chi connectivity index (χ0) is 16.7. The molecule has 2 N–H and O–H groups in total. The van der Waals surface area contributed by atoms with Crippen molar-refractivity contribution in [1.29, 1.82) is 5.26 Å². The normalized spacial score (nSPS) is 11.5. The Morgan fingerprint density at radius 1 is 1.23 bits per heavy atom. The second-order valence-electron chi connectivity index (χ2n) is 4.51. The third kappa shape index (κ3) is 4.77. The first-order chi connectivity index (χ1) is 10.4. The molecule has 0 radical (unpaired) electrons. The van der Waals surface area contributed by atoms with Gasteiger partial charge in [-0.3, -0.25) is 4.79 Å². The molecular formula is C14H13F3N2O3. The summed E-state index contributed by atoms with van der Waals surface area (Å²) in [4.78, 5) is 22.8. The largest absolute Gasteiger partial charge is 0.480 e. The lowest BCUT2D eigenvalue weighted by Crippen LogP contribution is -2.41. The predicted molar refractivity (Wildman–Crippen MR) is 69.3 cm³/mol. The lowest BCUT2D eigenvalue weighted by molar-refractivity contribution is -0.139. The summed E-state index contributed by atoms with van der Waals surface area (Å²) in [6, 6.07) is 1.20. The molecule has 1 aromatic rings. The van der Waals surface area contributed by atoms with Gasteiger partial charge in [0.2, 0.25) is 0 Å². The highest BCUT2D eigenvalue weighted by Gasteiger charge is 2.24. The van der Waals surface area contributed by atoms with Crippen LogP contribution in [0.5, 0.6) is 0 Å². The maximum absolute atomic E-state index is 13.4. The van der Waals surface area contributed by atoms with E-state index in [4.69, 9.17) is 10.4 Å². The molecule has 0 aliphatic carbocycles. The van der Waals surface area contributed by atoms with Gasteiger partial charge in [0.05, 0.1) is 6.07 Å². The first kappa shape index (κ1) is 17.5. The van der Waals surface area contributed by atoms with Crippen LogP contribution in [0.3, 0.4) is 0 Å². The average molecular weight is 314 g/mol. The predicted octanol–water partition coefficient (Wildman–Crippen LogP) is 2.37. The Balaban J connectivity index is 2.80. The molecule has 0 spiro atoms. The summed E-state index contributed by atoms with van der Waals surface area (Å²) < 4.78 is 39.7. The Hall–Kier alpha value is -2.56. The molecule has 0 aliphatic heterocycles. The topological polar surface area (TPSA) is 90.2 Å². The number of nitrogens with zero attached hydrogens (tertiary/aromatic N) is 1. The molecule has 0 aliphatic rings. The zero-order valence-electron chi connectivity index (χ0n) is 11.4. The lowest BCUT2D eigenvalue weighted by atomic mass is 10.1. The fraction of sp³-hybridized carbons (Fsp3) is 0.357. The molecule has 0 unspecified atom stereocenters. The van der Waals surface area contributed by atoms with E-state index in [1.54, 1.807) is 0 Å². The molecule has 5 nitrogen and oxygen atoms in total. The summed E-state index contributed by atoms with van der Waals surface area (Å²) in [7, 11) is 0. The highest BCUT2D eigenvalue weighted by atomic mass is 19.1. The van der Waals surface area contributed by atoms with Crippen molar-refractivity contribution in [2.45, 2.75) is 31.7 Å². The molecule has 0 heterocycles. The zero-order valence-corrected chi connectivity index (χ0v) is 11.4. The quantitative estimate of drug-likeness (QED) is 0.756. The van der Waals surface area contributed by atoms with Gasteiger partial charge in [0.15, 0.2) is 0 Å². The van der Waals surface area contributed by atoms with Crippen molar-refractivity contribution in [2.75, 3.05) is 0 Å². The van der Waals surface area contributed by atoms with Crippen LogP contribution in [0.4, 0.5) is 13.2 Å². The monoisotopic (exact) mass is 314 g/mol. The van der Waals surface area contributed by atoms with Gasteiger partial charge in [0.25, 0.3) is 5.91 Å². The smallest absolute Gasteiger partial charge is 0.326 e. The standard InChI is InChI=1S/C14H13F3N2O3/c15-8-6-9(16)12(10(17)7-8)13(20)19-11(14(21)22)4-2-1-3-5-18/h6-7,11H,1-4H2,(H,19,20)(H,21,22)/t11-/m1/s1. The van der Waals surface area contributed by atoms with E-state index >= 15 is 0 Å². The number of rotatable bonds is 7. The second-order valence-corrected chi connectivity index (χ2v) is 4.51. The van der Waals surface area contributed by atoms with Crippen LogP contribution in [0.2, 0.25) is 0 Å². The molecule has 8 heteroatoms. The Morgan fingerprint density at radius 2 is 1.82 bits per heavy atom. The number of carbonyl (C=O) groups is 2. The molecular weight excluding hydrogens is 301 g/mol. The molecule has 0 aromatic heterocycles. The number of carboxylic acids is 1. The number of unbranched alkanes of at least 4 members (excludes halogenated alkanes) is 2. The molecule has 1 rings (SSSR count). The van der Waals surface area contributed by atoms with E-state index in [-0.39, 0.29) is 12.8 Å². The summed E-state index contributed by atoms with van der Waals surface area (Å²) in [5.41, 5.74) is -1.04. The summed E-state index contributed by atoms with van der Waals surface area (Å²) in [5, 5.41) is 19.3. The Labute approximate surface area is 124 Å². The van der Waals surface area contributed by atoms with Crippen LogP contribution in [-0.2, 0) is 4.79 Å². The van der Waals surface area contributed by atoms with Crippen molar-refractivity contribution in [3.8, 4) is 6.07 Å². The summed E-state index contributed by atoms with van der Waals surface area (Å²) in [6.07, 6.45) is 1.03. The molecule has 22 heavy (non-hydrogen) atoms. The number of hydrogen-bond acceptors (Lipinski definition) is 3. The van der Waals surface area contributed by atoms with E-state index in [1.807, 2.05) is 11.4 Å². The van der Waals surface area contributed by atoms with Crippen LogP contribution in [0.15, 0.2) is 12.1 Å². The molecule has 0 bridgehead atoms. The fourth-order valence-electron chi connectivity index (χ4n) is 1.80. The minimum absolute atomic E-state index is 0.00713. The van der Waals surface area contributed by atoms with Gasteiger partial charge in [0, 0.05) is 18.6 Å². The van der Waals surface area contributed by atoms with Gasteiger partial charge in [-0.15, -0.1) is 0 Å². The van der Waals surface area contributed by atoms with Crippen molar-refractivity contribution in [3.05, 3.63) is 35.1 Å². The van der Waals surface area contributed by atoms with Crippen molar-refractivity contribution < 1.29 is 27.9 Å². The number of halogens is 3. The van der Waals surface area contributed by atoms with E-state index < -0.39 is 40.9 Å². The number of carboxylic acid groups (broad SMARTS) is 1. The van der Waals surface area contributed by atoms with E-state index in [9.17, 15) is 22.8 Å². The van der Waals surface area contributed by atoms with Crippen molar-refractivity contribution in [2.24, 2.45) is 0 Å². The van der Waals surface area contributed by atoms with Crippen LogP contribution in [0.1, 0.15) is 36.0 Å². The molecule has 0 saturated carbocycles. The van der Waals surface area contributed by atoms with Gasteiger partial charge in [-0.25, -0.2) is 18.0 Å². The molecule has 1 amide bonds.